The minimum atomic E-state index is -4.30. The highest BCUT2D eigenvalue weighted by Crippen LogP contribution is 2.32. The number of imidazole rings is 1. The fourth-order valence-corrected chi connectivity index (χ4v) is 4.07. The van der Waals surface area contributed by atoms with Crippen molar-refractivity contribution >= 4 is 21.6 Å². The van der Waals surface area contributed by atoms with Crippen LogP contribution in [-0.4, -0.2) is 35.7 Å². The molecule has 0 fully saturated rings. The lowest BCUT2D eigenvalue weighted by atomic mass is 10.0. The van der Waals surface area contributed by atoms with E-state index in [1.165, 1.54) is 13.2 Å². The summed E-state index contributed by atoms with van der Waals surface area (Å²) in [6.45, 7) is 1.85. The smallest absolute Gasteiger partial charge is 0.251 e. The van der Waals surface area contributed by atoms with Crippen LogP contribution in [-0.2, 0) is 16.4 Å². The number of pyridine rings is 2. The highest BCUT2D eigenvalue weighted by molar-refractivity contribution is 7.89. The number of primary sulfonamides is 1. The molecule has 0 unspecified atom stereocenters. The first-order valence-corrected chi connectivity index (χ1v) is 11.3. The van der Waals surface area contributed by atoms with Crippen LogP contribution >= 0.6 is 0 Å². The first-order valence-electron chi connectivity index (χ1n) is 9.75. The van der Waals surface area contributed by atoms with Gasteiger partial charge < -0.3 is 9.72 Å². The zero-order valence-corrected chi connectivity index (χ0v) is 18.5. The number of aromatic nitrogens is 3. The van der Waals surface area contributed by atoms with Gasteiger partial charge >= 0.3 is 0 Å². The number of nitrogens with two attached hydrogens (primary N) is 1. The van der Waals surface area contributed by atoms with Crippen LogP contribution in [0.15, 0.2) is 53.7 Å². The van der Waals surface area contributed by atoms with Crippen molar-refractivity contribution in [3.63, 3.8) is 0 Å². The fraction of sp³-hybridized carbons (Fsp3) is 0.136. The van der Waals surface area contributed by atoms with Crippen molar-refractivity contribution in [1.29, 1.82) is 0 Å². The molecule has 3 heterocycles. The van der Waals surface area contributed by atoms with Gasteiger partial charge in [-0.25, -0.2) is 27.3 Å². The number of halogens is 2. The third-order valence-electron chi connectivity index (χ3n) is 5.12. The summed E-state index contributed by atoms with van der Waals surface area (Å²) in [5.41, 5.74) is 2.09. The molecule has 0 radical (unpaired) electrons. The van der Waals surface area contributed by atoms with Crippen LogP contribution in [0.25, 0.3) is 16.9 Å². The molecule has 3 N–H and O–H groups in total. The van der Waals surface area contributed by atoms with Crippen molar-refractivity contribution in [3.8, 4) is 11.3 Å². The van der Waals surface area contributed by atoms with E-state index in [2.05, 4.69) is 15.3 Å². The second-order valence-electron chi connectivity index (χ2n) is 7.44. The number of hydrogen-bond donors (Lipinski definition) is 2. The molecule has 11 heteroatoms. The molecular weight excluding hydrogens is 452 g/mol. The fourth-order valence-electron chi connectivity index (χ4n) is 3.54. The summed E-state index contributed by atoms with van der Waals surface area (Å²) < 4.78 is 54.8. The van der Waals surface area contributed by atoms with E-state index in [0.717, 1.165) is 5.56 Å². The summed E-state index contributed by atoms with van der Waals surface area (Å²) in [6.07, 6.45) is 3.28. The minimum Gasteiger partial charge on any atom is -0.355 e. The van der Waals surface area contributed by atoms with Gasteiger partial charge in [0, 0.05) is 37.1 Å². The maximum Gasteiger partial charge on any atom is 0.251 e. The van der Waals surface area contributed by atoms with Crippen LogP contribution < -0.4 is 10.5 Å². The van der Waals surface area contributed by atoms with E-state index in [-0.39, 0.29) is 18.0 Å². The van der Waals surface area contributed by atoms with Crippen LogP contribution in [0.5, 0.6) is 0 Å². The Labute approximate surface area is 188 Å². The van der Waals surface area contributed by atoms with E-state index < -0.39 is 32.1 Å². The molecule has 1 amide bonds. The number of nitrogens with one attached hydrogen (secondary N) is 1. The van der Waals surface area contributed by atoms with Gasteiger partial charge in [0.05, 0.1) is 21.8 Å². The van der Waals surface area contributed by atoms with Crippen LogP contribution in [0.1, 0.15) is 27.3 Å². The molecule has 0 atom stereocenters. The van der Waals surface area contributed by atoms with E-state index in [9.17, 15) is 22.0 Å². The molecular formula is C22H19F2N5O3S. The van der Waals surface area contributed by atoms with Crippen LogP contribution in [0.4, 0.5) is 8.78 Å². The molecule has 0 saturated carbocycles. The Balaban J connectivity index is 1.93. The van der Waals surface area contributed by atoms with Crippen molar-refractivity contribution in [1.82, 2.24) is 19.7 Å². The largest absolute Gasteiger partial charge is 0.355 e. The number of nitrogens with zero attached hydrogens (tertiary/aromatic N) is 3. The molecule has 0 saturated heterocycles. The Bertz CT molecular complexity index is 1490. The van der Waals surface area contributed by atoms with Gasteiger partial charge in [0.2, 0.25) is 10.0 Å². The van der Waals surface area contributed by atoms with Gasteiger partial charge in [0.1, 0.15) is 17.3 Å². The van der Waals surface area contributed by atoms with Crippen LogP contribution in [0.2, 0.25) is 0 Å². The number of aryl methyl sites for hydroxylation is 1. The molecule has 0 aliphatic heterocycles. The van der Waals surface area contributed by atoms with Crippen LogP contribution in [0.3, 0.4) is 0 Å². The predicted molar refractivity (Wildman–Crippen MR) is 117 cm³/mol. The molecule has 0 aliphatic carbocycles. The highest BCUT2D eigenvalue weighted by atomic mass is 32.2. The molecule has 33 heavy (non-hydrogen) atoms. The topological polar surface area (TPSA) is 119 Å². The Morgan fingerprint density at radius 1 is 1.15 bits per heavy atom. The molecule has 0 bridgehead atoms. The number of carbonyl (C=O) groups is 1. The number of fused-ring (bicyclic) bond motifs is 1. The Morgan fingerprint density at radius 2 is 1.85 bits per heavy atom. The van der Waals surface area contributed by atoms with Crippen molar-refractivity contribution in [2.24, 2.45) is 5.14 Å². The predicted octanol–water partition coefficient (Wildman–Crippen LogP) is 2.58. The second-order valence-corrected chi connectivity index (χ2v) is 9.00. The lowest BCUT2D eigenvalue weighted by Crippen LogP contribution is -2.18. The van der Waals surface area contributed by atoms with E-state index in [0.29, 0.717) is 34.7 Å². The second kappa shape index (κ2) is 8.34. The Kier molecular flexibility index (Phi) is 5.68. The maximum absolute atomic E-state index is 15.0. The molecule has 0 aliphatic rings. The zero-order chi connectivity index (χ0) is 23.9. The summed E-state index contributed by atoms with van der Waals surface area (Å²) >= 11 is 0. The average Bonchev–Trinajstić information content (AvgIpc) is 3.09. The summed E-state index contributed by atoms with van der Waals surface area (Å²) in [5.74, 6) is -2.54. The molecule has 0 spiro atoms. The highest BCUT2D eigenvalue weighted by Gasteiger charge is 2.24. The average molecular weight is 471 g/mol. The standard InChI is InChI=1S/C22H19F2N5O3S/c1-12-4-6-29-18(9-14-8-13(3-5-27-14)22(30)26-2)21(28-19(29)7-12)20-16(23)10-15(11-17(20)24)33(25,31)32/h3-8,10-11H,9H2,1-2H3,(H,26,30)(H2,25,31,32). The number of benzene rings is 1. The van der Waals surface area contributed by atoms with E-state index >= 15 is 0 Å². The normalized spacial score (nSPS) is 11.7. The number of carbonyl (C=O) groups excluding carboxylic acids is 1. The molecule has 3 aromatic heterocycles. The van der Waals surface area contributed by atoms with Gasteiger partial charge in [-0.3, -0.25) is 9.78 Å². The first kappa shape index (κ1) is 22.5. The summed E-state index contributed by atoms with van der Waals surface area (Å²) in [4.78, 5) is 20.0. The lowest BCUT2D eigenvalue weighted by molar-refractivity contribution is 0.0963. The first-order chi connectivity index (χ1) is 15.6. The number of sulfonamides is 1. The molecule has 170 valence electrons. The SMILES string of the molecule is CNC(=O)c1ccnc(Cc2c(-c3c(F)cc(S(N)(=O)=O)cc3F)nc3cc(C)ccn23)c1. The number of hydrogen-bond acceptors (Lipinski definition) is 5. The molecule has 4 rings (SSSR count). The van der Waals surface area contributed by atoms with Gasteiger partial charge in [-0.1, -0.05) is 0 Å². The van der Waals surface area contributed by atoms with Gasteiger partial charge in [-0.15, -0.1) is 0 Å². The summed E-state index contributed by atoms with van der Waals surface area (Å²) in [6, 6.07) is 8.01. The van der Waals surface area contributed by atoms with Gasteiger partial charge in [0.15, 0.2) is 0 Å². The Morgan fingerprint density at radius 3 is 2.48 bits per heavy atom. The van der Waals surface area contributed by atoms with E-state index in [1.54, 1.807) is 28.8 Å². The summed E-state index contributed by atoms with van der Waals surface area (Å²) in [5, 5.41) is 7.55. The number of amides is 1. The third-order valence-corrected chi connectivity index (χ3v) is 6.01. The number of rotatable bonds is 5. The van der Waals surface area contributed by atoms with Crippen molar-refractivity contribution in [3.05, 3.63) is 82.9 Å². The summed E-state index contributed by atoms with van der Waals surface area (Å²) in [7, 11) is -2.80. The van der Waals surface area contributed by atoms with Gasteiger partial charge in [-0.05, 0) is 48.9 Å². The van der Waals surface area contributed by atoms with Gasteiger partial charge in [-0.2, -0.15) is 0 Å². The zero-order valence-electron chi connectivity index (χ0n) is 17.6. The minimum absolute atomic E-state index is 0.0104. The van der Waals surface area contributed by atoms with E-state index in [4.69, 9.17) is 5.14 Å². The molecule has 8 nitrogen and oxygen atoms in total. The van der Waals surface area contributed by atoms with Gasteiger partial charge in [0.25, 0.3) is 5.91 Å². The van der Waals surface area contributed by atoms with E-state index in [1.807, 2.05) is 13.0 Å². The molecule has 4 aromatic rings. The Hall–Kier alpha value is -3.70. The van der Waals surface area contributed by atoms with Crippen molar-refractivity contribution in [2.75, 3.05) is 7.05 Å². The third kappa shape index (κ3) is 4.32. The maximum atomic E-state index is 15.0. The molecule has 1 aromatic carbocycles. The van der Waals surface area contributed by atoms with Crippen molar-refractivity contribution in [2.45, 2.75) is 18.2 Å². The van der Waals surface area contributed by atoms with Crippen LogP contribution in [0, 0.1) is 18.6 Å². The van der Waals surface area contributed by atoms with Crippen molar-refractivity contribution < 1.29 is 22.0 Å². The quantitative estimate of drug-likeness (QED) is 0.464. The lowest BCUT2D eigenvalue weighted by Gasteiger charge is -2.09. The monoisotopic (exact) mass is 471 g/mol.